The van der Waals surface area contributed by atoms with Crippen LogP contribution in [-0.4, -0.2) is 5.43 Å². The molecule has 0 nitrogen and oxygen atoms in total. The molecule has 2 aliphatic rings. The van der Waals surface area contributed by atoms with Gasteiger partial charge in [-0.15, -0.1) is 0 Å². The predicted octanol–water partition coefficient (Wildman–Crippen LogP) is 6.55. The molecule has 0 N–H and O–H groups in total. The SMILES string of the molecule is CC1=Cc2c(C)cccc2[CH]1[Zr]([Cl])([Cl])([C]1=CC=CC1)=[Si](C)C. The summed E-state index contributed by atoms with van der Waals surface area (Å²) in [6.45, 7) is 9.03. The van der Waals surface area contributed by atoms with Gasteiger partial charge in [0.25, 0.3) is 0 Å². The molecule has 0 amide bonds. The van der Waals surface area contributed by atoms with Gasteiger partial charge < -0.3 is 0 Å². The predicted molar refractivity (Wildman–Crippen MR) is 98.6 cm³/mol. The van der Waals surface area contributed by atoms with Crippen molar-refractivity contribution < 1.29 is 15.0 Å². The van der Waals surface area contributed by atoms with Crippen molar-refractivity contribution in [3.63, 3.8) is 0 Å². The molecule has 0 heterocycles. The Hall–Kier alpha value is 0.120. The van der Waals surface area contributed by atoms with Gasteiger partial charge in [0.2, 0.25) is 0 Å². The van der Waals surface area contributed by atoms with E-state index in [9.17, 15) is 0 Å². The van der Waals surface area contributed by atoms with Crippen LogP contribution in [0.2, 0.25) is 13.1 Å². The maximum atomic E-state index is 7.59. The first-order valence-corrected chi connectivity index (χ1v) is 22.9. The molecule has 0 saturated carbocycles. The maximum absolute atomic E-state index is 7.59. The summed E-state index contributed by atoms with van der Waals surface area (Å²) in [5.74, 6) is 0. The summed E-state index contributed by atoms with van der Waals surface area (Å²) in [6, 6.07) is 6.57. The van der Waals surface area contributed by atoms with Crippen molar-refractivity contribution in [3.8, 4) is 0 Å². The van der Waals surface area contributed by atoms with Gasteiger partial charge in [-0.1, -0.05) is 0 Å². The van der Waals surface area contributed by atoms with E-state index in [0.29, 0.717) is 0 Å². The first kappa shape index (κ1) is 17.0. The van der Waals surface area contributed by atoms with E-state index in [0.717, 1.165) is 6.42 Å². The zero-order valence-corrected chi connectivity index (χ0v) is 18.6. The van der Waals surface area contributed by atoms with Crippen LogP contribution in [0.1, 0.15) is 33.7 Å². The van der Waals surface area contributed by atoms with Crippen molar-refractivity contribution in [2.45, 2.75) is 37.0 Å². The van der Waals surface area contributed by atoms with E-state index in [1.54, 1.807) is 0 Å². The number of benzene rings is 1. The van der Waals surface area contributed by atoms with E-state index in [2.05, 4.69) is 69.4 Å². The van der Waals surface area contributed by atoms with Crippen molar-refractivity contribution in [3.05, 3.63) is 62.0 Å². The van der Waals surface area contributed by atoms with Crippen LogP contribution in [-0.2, 0) is 15.0 Å². The summed E-state index contributed by atoms with van der Waals surface area (Å²) < 4.78 is 1.60. The number of aryl methyl sites for hydroxylation is 1. The Bertz CT molecular complexity index is 817. The summed E-state index contributed by atoms with van der Waals surface area (Å²) >= 11 is -4.10. The number of halogens is 2. The fraction of sp³-hybridized carbons (Fsp3) is 0.333. The Morgan fingerprint density at radius 1 is 1.18 bits per heavy atom. The average molecular weight is 429 g/mol. The van der Waals surface area contributed by atoms with Gasteiger partial charge in [-0.3, -0.25) is 0 Å². The van der Waals surface area contributed by atoms with Crippen molar-refractivity contribution >= 4 is 28.5 Å². The molecule has 22 heavy (non-hydrogen) atoms. The van der Waals surface area contributed by atoms with Crippen LogP contribution in [0.25, 0.3) is 6.08 Å². The molecule has 0 aromatic heterocycles. The van der Waals surface area contributed by atoms with E-state index in [-0.39, 0.29) is 3.63 Å². The summed E-state index contributed by atoms with van der Waals surface area (Å²) in [6.07, 6.45) is 9.80. The topological polar surface area (TPSA) is 0 Å². The first-order chi connectivity index (χ1) is 10.3. The zero-order chi connectivity index (χ0) is 16.1. The summed E-state index contributed by atoms with van der Waals surface area (Å²) in [7, 11) is 15.2. The van der Waals surface area contributed by atoms with Crippen molar-refractivity contribution in [1.82, 2.24) is 0 Å². The van der Waals surface area contributed by atoms with Gasteiger partial charge in [-0.2, -0.15) is 0 Å². The van der Waals surface area contributed by atoms with E-state index in [4.69, 9.17) is 17.0 Å². The standard InChI is InChI=1S/C11H11.C5H5.C2H6Si.2ClH.Zr/c1-8-6-10-5-3-4-9(2)11(10)7-8;1-2-4-5-3-1;1-3-2;;;/h3-7H,1-2H3;1-3H,4H2;1-2H3;2*1H;/q;;;;;+2/p-2. The van der Waals surface area contributed by atoms with Crippen molar-refractivity contribution in [1.29, 1.82) is 0 Å². The number of hydrogen-bond acceptors (Lipinski definition) is 0. The monoisotopic (exact) mass is 426 g/mol. The first-order valence-electron chi connectivity index (χ1n) is 7.78. The molecule has 0 bridgehead atoms. The Balaban J connectivity index is 2.33. The number of fused-ring (bicyclic) bond motifs is 1. The molecule has 0 radical (unpaired) electrons. The van der Waals surface area contributed by atoms with E-state index in [1.165, 1.54) is 25.5 Å². The molecule has 1 aromatic carbocycles. The normalized spacial score (nSPS) is 20.8. The molecule has 1 aromatic rings. The second-order valence-corrected chi connectivity index (χ2v) is 44.8. The van der Waals surface area contributed by atoms with Crippen LogP contribution in [0.3, 0.4) is 0 Å². The Morgan fingerprint density at radius 3 is 2.50 bits per heavy atom. The fourth-order valence-electron chi connectivity index (χ4n) is 3.96. The molecule has 0 fully saturated rings. The van der Waals surface area contributed by atoms with Gasteiger partial charge in [0.1, 0.15) is 0 Å². The second-order valence-electron chi connectivity index (χ2n) is 6.80. The minimum atomic E-state index is -4.10. The third-order valence-corrected chi connectivity index (χ3v) is 51.3. The summed E-state index contributed by atoms with van der Waals surface area (Å²) in [5, 5.41) is 0. The second kappa shape index (κ2) is 5.59. The number of allylic oxidation sites excluding steroid dienone is 5. The number of hydrogen-bond donors (Lipinski definition) is 0. The van der Waals surface area contributed by atoms with Crippen molar-refractivity contribution in [2.24, 2.45) is 0 Å². The molecular weight excluding hydrogens is 406 g/mol. The van der Waals surface area contributed by atoms with Crippen LogP contribution in [0, 0.1) is 6.92 Å². The molecule has 2 aliphatic carbocycles. The average Bonchev–Trinajstić information content (AvgIpc) is 3.06. The van der Waals surface area contributed by atoms with Crippen molar-refractivity contribution in [2.75, 3.05) is 0 Å². The molecule has 0 spiro atoms. The molecule has 116 valence electrons. The Labute approximate surface area is 141 Å². The third kappa shape index (κ3) is 2.25. The summed E-state index contributed by atoms with van der Waals surface area (Å²) in [4.78, 5) is 0. The van der Waals surface area contributed by atoms with Crippen LogP contribution < -0.4 is 0 Å². The molecule has 4 heteroatoms. The van der Waals surface area contributed by atoms with Gasteiger partial charge >= 0.3 is 143 Å². The van der Waals surface area contributed by atoms with Crippen LogP contribution in [0.5, 0.6) is 0 Å². The van der Waals surface area contributed by atoms with E-state index < -0.39 is 20.4 Å². The van der Waals surface area contributed by atoms with Crippen LogP contribution in [0.4, 0.5) is 0 Å². The molecule has 1 atom stereocenters. The Kier molecular flexibility index (Phi) is 4.31. The molecule has 3 rings (SSSR count). The van der Waals surface area contributed by atoms with Gasteiger partial charge in [-0.05, 0) is 0 Å². The zero-order valence-electron chi connectivity index (χ0n) is 13.6. The van der Waals surface area contributed by atoms with Gasteiger partial charge in [0, 0.05) is 0 Å². The number of rotatable bonds is 2. The Morgan fingerprint density at radius 2 is 1.91 bits per heavy atom. The molecule has 1 unspecified atom stereocenters. The minimum absolute atomic E-state index is 0.245. The third-order valence-electron chi connectivity index (χ3n) is 5.28. The summed E-state index contributed by atoms with van der Waals surface area (Å²) in [5.41, 5.74) is 4.57. The molecule has 0 saturated heterocycles. The van der Waals surface area contributed by atoms with Gasteiger partial charge in [0.05, 0.1) is 0 Å². The molecule has 0 aliphatic heterocycles. The van der Waals surface area contributed by atoms with Gasteiger partial charge in [-0.25, -0.2) is 0 Å². The fourth-order valence-corrected chi connectivity index (χ4v) is 29.9. The van der Waals surface area contributed by atoms with E-state index in [1.807, 2.05) is 0 Å². The van der Waals surface area contributed by atoms with Gasteiger partial charge in [0.15, 0.2) is 0 Å². The van der Waals surface area contributed by atoms with E-state index >= 15 is 0 Å². The quantitative estimate of drug-likeness (QED) is 0.469. The van der Waals surface area contributed by atoms with Crippen LogP contribution >= 0.6 is 17.0 Å². The molecular formula is C18H22Cl2SiZr. The van der Waals surface area contributed by atoms with Crippen LogP contribution in [0.15, 0.2) is 45.3 Å².